The van der Waals surface area contributed by atoms with Gasteiger partial charge >= 0.3 is 5.69 Å². The monoisotopic (exact) mass is 386 g/mol. The first-order valence-electron chi connectivity index (χ1n) is 7.38. The second-order valence-corrected chi connectivity index (χ2v) is 7.72. The van der Waals surface area contributed by atoms with Gasteiger partial charge in [0.15, 0.2) is 0 Å². The van der Waals surface area contributed by atoms with Gasteiger partial charge in [0.25, 0.3) is 5.56 Å². The number of benzene rings is 1. The molecule has 1 aromatic carbocycles. The number of aromatic amines is 1. The van der Waals surface area contributed by atoms with Gasteiger partial charge in [-0.05, 0) is 24.6 Å². The number of rotatable bonds is 3. The maximum Gasteiger partial charge on any atom is 0.349 e. The minimum atomic E-state index is -3.78. The minimum absolute atomic E-state index is 0.0164. The fourth-order valence-electron chi connectivity index (χ4n) is 2.61. The van der Waals surface area contributed by atoms with Crippen molar-refractivity contribution in [2.24, 2.45) is 0 Å². The van der Waals surface area contributed by atoms with E-state index < -0.39 is 21.3 Å². The number of sulfonamides is 1. The Morgan fingerprint density at radius 2 is 1.92 bits per heavy atom. The summed E-state index contributed by atoms with van der Waals surface area (Å²) in [4.78, 5) is 25.0. The molecule has 0 saturated carbocycles. The first-order chi connectivity index (χ1) is 11.8. The molecular weight excluding hydrogens is 372 g/mol. The fraction of sp³-hybridized carbons (Fsp3) is 0.357. The fourth-order valence-corrected chi connectivity index (χ4v) is 4.83. The van der Waals surface area contributed by atoms with Crippen LogP contribution in [0.3, 0.4) is 0 Å². The maximum absolute atomic E-state index is 12.8. The Bertz CT molecular complexity index is 1000. The van der Waals surface area contributed by atoms with Crippen LogP contribution in [0, 0.1) is 6.92 Å². The SMILES string of the molecule is Cc1cc(-n2ncc(=O)[nH]c2=O)cc(Cl)c1S(=O)(=O)N1CCOCC1. The molecule has 2 aromatic rings. The summed E-state index contributed by atoms with van der Waals surface area (Å²) < 4.78 is 33.1. The number of halogens is 1. The van der Waals surface area contributed by atoms with E-state index in [-0.39, 0.29) is 28.7 Å². The Labute approximate surface area is 147 Å². The van der Waals surface area contributed by atoms with Crippen LogP contribution in [0.15, 0.2) is 32.8 Å². The third kappa shape index (κ3) is 3.38. The molecule has 3 rings (SSSR count). The third-order valence-corrected chi connectivity index (χ3v) is 6.25. The molecule has 1 aliphatic heterocycles. The molecular formula is C14H15ClN4O5S. The number of morpholine rings is 1. The Hall–Kier alpha value is -2.01. The summed E-state index contributed by atoms with van der Waals surface area (Å²) in [7, 11) is -3.78. The first-order valence-corrected chi connectivity index (χ1v) is 9.19. The highest BCUT2D eigenvalue weighted by atomic mass is 35.5. The molecule has 1 fully saturated rings. The van der Waals surface area contributed by atoms with E-state index in [4.69, 9.17) is 16.3 Å². The number of aromatic nitrogens is 3. The summed E-state index contributed by atoms with van der Waals surface area (Å²) >= 11 is 6.22. The van der Waals surface area contributed by atoms with Crippen LogP contribution in [0.25, 0.3) is 5.69 Å². The highest BCUT2D eigenvalue weighted by molar-refractivity contribution is 7.89. The number of ether oxygens (including phenoxy) is 1. The standard InChI is InChI=1S/C14H15ClN4O5S/c1-9-6-10(19-14(21)17-12(20)8-16-19)7-11(15)13(9)25(22,23)18-2-4-24-5-3-18/h6-8H,2-5H2,1H3,(H,17,20,21). The van der Waals surface area contributed by atoms with Crippen molar-refractivity contribution in [3.8, 4) is 5.69 Å². The lowest BCUT2D eigenvalue weighted by molar-refractivity contribution is 0.0730. The minimum Gasteiger partial charge on any atom is -0.379 e. The maximum atomic E-state index is 12.8. The van der Waals surface area contributed by atoms with Crippen LogP contribution in [0.5, 0.6) is 0 Å². The number of aryl methyl sites for hydroxylation is 1. The highest BCUT2D eigenvalue weighted by Gasteiger charge is 2.30. The summed E-state index contributed by atoms with van der Waals surface area (Å²) in [6.45, 7) is 2.73. The van der Waals surface area contributed by atoms with Gasteiger partial charge in [0.2, 0.25) is 10.0 Å². The second kappa shape index (κ2) is 6.71. The van der Waals surface area contributed by atoms with Crippen LogP contribution >= 0.6 is 11.6 Å². The van der Waals surface area contributed by atoms with Gasteiger partial charge in [0.1, 0.15) is 11.1 Å². The van der Waals surface area contributed by atoms with Crippen LogP contribution in [0.1, 0.15) is 5.56 Å². The van der Waals surface area contributed by atoms with E-state index in [1.807, 2.05) is 0 Å². The highest BCUT2D eigenvalue weighted by Crippen LogP contribution is 2.30. The van der Waals surface area contributed by atoms with Gasteiger partial charge in [-0.25, -0.2) is 13.2 Å². The molecule has 9 nitrogen and oxygen atoms in total. The molecule has 11 heteroatoms. The second-order valence-electron chi connectivity index (χ2n) is 5.44. The van der Waals surface area contributed by atoms with Crippen LogP contribution in [0.2, 0.25) is 5.02 Å². The zero-order valence-corrected chi connectivity index (χ0v) is 14.8. The number of nitrogens with one attached hydrogen (secondary N) is 1. The van der Waals surface area contributed by atoms with Crippen molar-refractivity contribution in [1.82, 2.24) is 19.1 Å². The van der Waals surface area contributed by atoms with E-state index in [1.54, 1.807) is 6.92 Å². The van der Waals surface area contributed by atoms with Crippen LogP contribution in [0.4, 0.5) is 0 Å². The molecule has 0 bridgehead atoms. The zero-order valence-electron chi connectivity index (χ0n) is 13.2. The van der Waals surface area contributed by atoms with Gasteiger partial charge in [-0.1, -0.05) is 11.6 Å². The lowest BCUT2D eigenvalue weighted by Crippen LogP contribution is -2.41. The normalized spacial score (nSPS) is 16.1. The van der Waals surface area contributed by atoms with Gasteiger partial charge in [-0.3, -0.25) is 9.78 Å². The molecule has 1 aromatic heterocycles. The number of hydrogen-bond acceptors (Lipinski definition) is 6. The lowest BCUT2D eigenvalue weighted by Gasteiger charge is -2.27. The van der Waals surface area contributed by atoms with Gasteiger partial charge < -0.3 is 4.74 Å². The molecule has 25 heavy (non-hydrogen) atoms. The predicted molar refractivity (Wildman–Crippen MR) is 89.8 cm³/mol. The lowest BCUT2D eigenvalue weighted by atomic mass is 10.2. The van der Waals surface area contributed by atoms with E-state index in [0.717, 1.165) is 10.9 Å². The van der Waals surface area contributed by atoms with Crippen molar-refractivity contribution in [3.05, 3.63) is 49.8 Å². The van der Waals surface area contributed by atoms with Crippen LogP contribution in [-0.4, -0.2) is 53.8 Å². The molecule has 1 N–H and O–H groups in total. The van der Waals surface area contributed by atoms with Gasteiger partial charge in [0, 0.05) is 13.1 Å². The smallest absolute Gasteiger partial charge is 0.349 e. The number of nitrogens with zero attached hydrogens (tertiary/aromatic N) is 3. The molecule has 0 unspecified atom stereocenters. The molecule has 1 saturated heterocycles. The average Bonchev–Trinajstić information content (AvgIpc) is 2.54. The largest absolute Gasteiger partial charge is 0.379 e. The van der Waals surface area contributed by atoms with E-state index in [1.165, 1.54) is 16.4 Å². The Morgan fingerprint density at radius 3 is 2.52 bits per heavy atom. The third-order valence-electron chi connectivity index (χ3n) is 3.74. The van der Waals surface area contributed by atoms with Gasteiger partial charge in [0.05, 0.1) is 23.9 Å². The first kappa shape index (κ1) is 17.8. The molecule has 0 amide bonds. The average molecular weight is 387 g/mol. The number of H-pyrrole nitrogens is 1. The van der Waals surface area contributed by atoms with E-state index in [2.05, 4.69) is 10.1 Å². The van der Waals surface area contributed by atoms with Crippen molar-refractivity contribution in [1.29, 1.82) is 0 Å². The molecule has 0 spiro atoms. The molecule has 0 atom stereocenters. The summed E-state index contributed by atoms with van der Waals surface area (Å²) in [6, 6.07) is 2.81. The Morgan fingerprint density at radius 1 is 1.24 bits per heavy atom. The van der Waals surface area contributed by atoms with E-state index >= 15 is 0 Å². The van der Waals surface area contributed by atoms with Crippen LogP contribution in [-0.2, 0) is 14.8 Å². The predicted octanol–water partition coefficient (Wildman–Crippen LogP) is -0.0965. The molecule has 134 valence electrons. The van der Waals surface area contributed by atoms with Crippen LogP contribution < -0.4 is 11.2 Å². The molecule has 2 heterocycles. The van der Waals surface area contributed by atoms with Crippen molar-refractivity contribution < 1.29 is 13.2 Å². The van der Waals surface area contributed by atoms with Crippen molar-refractivity contribution in [3.63, 3.8) is 0 Å². The van der Waals surface area contributed by atoms with E-state index in [0.29, 0.717) is 18.8 Å². The molecule has 0 aliphatic carbocycles. The molecule has 1 aliphatic rings. The van der Waals surface area contributed by atoms with Crippen molar-refractivity contribution in [2.45, 2.75) is 11.8 Å². The van der Waals surface area contributed by atoms with Crippen molar-refractivity contribution in [2.75, 3.05) is 26.3 Å². The topological polar surface area (TPSA) is 114 Å². The summed E-state index contributed by atoms with van der Waals surface area (Å²) in [5.41, 5.74) is -0.749. The Balaban J connectivity index is 2.09. The van der Waals surface area contributed by atoms with Crippen molar-refractivity contribution >= 4 is 21.6 Å². The summed E-state index contributed by atoms with van der Waals surface area (Å²) in [6.07, 6.45) is 0.947. The summed E-state index contributed by atoms with van der Waals surface area (Å²) in [5, 5.41) is 3.71. The molecule has 0 radical (unpaired) electrons. The van der Waals surface area contributed by atoms with E-state index in [9.17, 15) is 18.0 Å². The zero-order chi connectivity index (χ0) is 18.2. The van der Waals surface area contributed by atoms with Gasteiger partial charge in [-0.15, -0.1) is 0 Å². The summed E-state index contributed by atoms with van der Waals surface area (Å²) in [5.74, 6) is 0. The number of hydrogen-bond donors (Lipinski definition) is 1. The van der Waals surface area contributed by atoms with Gasteiger partial charge in [-0.2, -0.15) is 14.1 Å². The Kier molecular flexibility index (Phi) is 4.78. The quantitative estimate of drug-likeness (QED) is 0.788.